The van der Waals surface area contributed by atoms with Crippen molar-refractivity contribution in [3.8, 4) is 17.2 Å². The minimum absolute atomic E-state index is 0.388. The Morgan fingerprint density at radius 3 is 2.04 bits per heavy atom. The van der Waals surface area contributed by atoms with Gasteiger partial charge in [0.05, 0.1) is 0 Å². The molecule has 0 bridgehead atoms. The lowest BCUT2D eigenvalue weighted by atomic mass is 10.0. The number of hydrogen-bond acceptors (Lipinski definition) is 3. The second kappa shape index (κ2) is 7.75. The Kier molecular flexibility index (Phi) is 5.24. The monoisotopic (exact) mass is 333 g/mol. The molecule has 0 radical (unpaired) electrons. The fourth-order valence-electron chi connectivity index (χ4n) is 2.60. The minimum Gasteiger partial charge on any atom is -0.485 e. The summed E-state index contributed by atoms with van der Waals surface area (Å²) < 4.78 is 12.1. The van der Waals surface area contributed by atoms with Gasteiger partial charge in [0.1, 0.15) is 12.4 Å². The SMILES string of the molecule is CC(C)c1ccccc1Oc1ccccc1OCc1ccc(N)cc1. The number of hydrogen-bond donors (Lipinski definition) is 1. The Balaban J connectivity index is 1.78. The lowest BCUT2D eigenvalue weighted by Gasteiger charge is -2.16. The molecule has 0 saturated carbocycles. The van der Waals surface area contributed by atoms with Gasteiger partial charge in [-0.25, -0.2) is 0 Å². The van der Waals surface area contributed by atoms with Crippen molar-refractivity contribution in [2.75, 3.05) is 5.73 Å². The Morgan fingerprint density at radius 2 is 1.36 bits per heavy atom. The van der Waals surface area contributed by atoms with Crippen molar-refractivity contribution < 1.29 is 9.47 Å². The van der Waals surface area contributed by atoms with Crippen LogP contribution in [0.1, 0.15) is 30.9 Å². The molecule has 0 unspecified atom stereocenters. The van der Waals surface area contributed by atoms with Crippen molar-refractivity contribution in [3.05, 3.63) is 83.9 Å². The van der Waals surface area contributed by atoms with E-state index in [2.05, 4.69) is 19.9 Å². The van der Waals surface area contributed by atoms with Gasteiger partial charge >= 0.3 is 0 Å². The van der Waals surface area contributed by atoms with E-state index in [1.165, 1.54) is 5.56 Å². The molecule has 3 aromatic rings. The molecule has 3 rings (SSSR count). The normalized spacial score (nSPS) is 10.7. The lowest BCUT2D eigenvalue weighted by Crippen LogP contribution is -1.99. The van der Waals surface area contributed by atoms with Gasteiger partial charge in [0.2, 0.25) is 0 Å². The highest BCUT2D eigenvalue weighted by atomic mass is 16.5. The maximum absolute atomic E-state index is 6.16. The molecule has 128 valence electrons. The molecule has 0 aliphatic heterocycles. The van der Waals surface area contributed by atoms with Crippen LogP contribution in [0.15, 0.2) is 72.8 Å². The van der Waals surface area contributed by atoms with Crippen LogP contribution < -0.4 is 15.2 Å². The maximum atomic E-state index is 6.16. The standard InChI is InChI=1S/C22H23NO2/c1-16(2)19-7-3-4-8-20(19)25-22-10-6-5-9-21(22)24-15-17-11-13-18(23)14-12-17/h3-14,16H,15,23H2,1-2H3. The van der Waals surface area contributed by atoms with Crippen molar-refractivity contribution in [1.29, 1.82) is 0 Å². The van der Waals surface area contributed by atoms with Gasteiger partial charge in [0.15, 0.2) is 11.5 Å². The smallest absolute Gasteiger partial charge is 0.169 e. The number of nitrogen functional groups attached to an aromatic ring is 1. The van der Waals surface area contributed by atoms with Crippen molar-refractivity contribution in [2.24, 2.45) is 0 Å². The second-order valence-corrected chi connectivity index (χ2v) is 6.27. The first-order valence-corrected chi connectivity index (χ1v) is 8.46. The average molecular weight is 333 g/mol. The van der Waals surface area contributed by atoms with Crippen LogP contribution in [-0.2, 0) is 6.61 Å². The Labute approximate surface area is 149 Å². The predicted octanol–water partition coefficient (Wildman–Crippen LogP) is 5.76. The third-order valence-corrected chi connectivity index (χ3v) is 3.98. The Bertz CT molecular complexity index is 825. The van der Waals surface area contributed by atoms with Gasteiger partial charge in [-0.3, -0.25) is 0 Å². The molecule has 0 saturated heterocycles. The van der Waals surface area contributed by atoms with E-state index >= 15 is 0 Å². The molecule has 3 aromatic carbocycles. The summed E-state index contributed by atoms with van der Waals surface area (Å²) in [5, 5.41) is 0. The van der Waals surface area contributed by atoms with Gasteiger partial charge < -0.3 is 15.2 Å². The van der Waals surface area contributed by atoms with Gasteiger partial charge in [0.25, 0.3) is 0 Å². The highest BCUT2D eigenvalue weighted by molar-refractivity contribution is 5.46. The third-order valence-electron chi connectivity index (χ3n) is 3.98. The molecule has 0 heterocycles. The molecule has 0 fully saturated rings. The molecule has 2 N–H and O–H groups in total. The summed E-state index contributed by atoms with van der Waals surface area (Å²) in [5.74, 6) is 2.68. The van der Waals surface area contributed by atoms with Crippen LogP contribution in [0.3, 0.4) is 0 Å². The van der Waals surface area contributed by atoms with E-state index in [0.29, 0.717) is 18.3 Å². The summed E-state index contributed by atoms with van der Waals surface area (Å²) in [6.07, 6.45) is 0. The molecular formula is C22H23NO2. The summed E-state index contributed by atoms with van der Waals surface area (Å²) in [7, 11) is 0. The van der Waals surface area contributed by atoms with Gasteiger partial charge in [0, 0.05) is 5.69 Å². The number of benzene rings is 3. The van der Waals surface area contributed by atoms with Crippen LogP contribution in [0.5, 0.6) is 17.2 Å². The summed E-state index contributed by atoms with van der Waals surface area (Å²) >= 11 is 0. The van der Waals surface area contributed by atoms with Crippen molar-refractivity contribution in [2.45, 2.75) is 26.4 Å². The second-order valence-electron chi connectivity index (χ2n) is 6.27. The van der Waals surface area contributed by atoms with E-state index in [1.807, 2.05) is 66.7 Å². The van der Waals surface area contributed by atoms with Gasteiger partial charge in [-0.2, -0.15) is 0 Å². The number of nitrogens with two attached hydrogens (primary N) is 1. The number of rotatable bonds is 6. The molecule has 0 amide bonds. The van der Waals surface area contributed by atoms with E-state index in [1.54, 1.807) is 0 Å². The van der Waals surface area contributed by atoms with Crippen LogP contribution in [0.2, 0.25) is 0 Å². The Morgan fingerprint density at radius 1 is 0.760 bits per heavy atom. The summed E-state index contributed by atoms with van der Waals surface area (Å²) in [4.78, 5) is 0. The zero-order valence-electron chi connectivity index (χ0n) is 14.6. The molecule has 0 atom stereocenters. The van der Waals surface area contributed by atoms with Crippen LogP contribution in [0.25, 0.3) is 0 Å². The topological polar surface area (TPSA) is 44.5 Å². The van der Waals surface area contributed by atoms with E-state index in [4.69, 9.17) is 15.2 Å². The first kappa shape index (κ1) is 16.9. The van der Waals surface area contributed by atoms with Gasteiger partial charge in [-0.1, -0.05) is 56.3 Å². The van der Waals surface area contributed by atoms with Crippen molar-refractivity contribution in [1.82, 2.24) is 0 Å². The van der Waals surface area contributed by atoms with E-state index < -0.39 is 0 Å². The summed E-state index contributed by atoms with van der Waals surface area (Å²) in [6, 6.07) is 23.5. The molecule has 0 aliphatic carbocycles. The van der Waals surface area contributed by atoms with E-state index in [-0.39, 0.29) is 0 Å². The molecule has 0 aromatic heterocycles. The molecule has 3 heteroatoms. The molecular weight excluding hydrogens is 310 g/mol. The van der Waals surface area contributed by atoms with Crippen LogP contribution in [0, 0.1) is 0 Å². The fourth-order valence-corrected chi connectivity index (χ4v) is 2.60. The first-order chi connectivity index (χ1) is 12.1. The van der Waals surface area contributed by atoms with E-state index in [9.17, 15) is 0 Å². The van der Waals surface area contributed by atoms with Gasteiger partial charge in [-0.05, 0) is 47.4 Å². The van der Waals surface area contributed by atoms with Crippen LogP contribution >= 0.6 is 0 Å². The lowest BCUT2D eigenvalue weighted by molar-refractivity contribution is 0.291. The van der Waals surface area contributed by atoms with Crippen molar-refractivity contribution in [3.63, 3.8) is 0 Å². The highest BCUT2D eigenvalue weighted by Gasteiger charge is 2.11. The zero-order valence-corrected chi connectivity index (χ0v) is 14.6. The minimum atomic E-state index is 0.388. The average Bonchev–Trinajstić information content (AvgIpc) is 2.62. The summed E-state index contributed by atoms with van der Waals surface area (Å²) in [5.41, 5.74) is 8.71. The van der Waals surface area contributed by atoms with Crippen LogP contribution in [0.4, 0.5) is 5.69 Å². The number of anilines is 1. The zero-order chi connectivity index (χ0) is 17.6. The molecule has 25 heavy (non-hydrogen) atoms. The van der Waals surface area contributed by atoms with Crippen molar-refractivity contribution >= 4 is 5.69 Å². The Hall–Kier alpha value is -2.94. The first-order valence-electron chi connectivity index (χ1n) is 8.46. The summed E-state index contributed by atoms with van der Waals surface area (Å²) in [6.45, 7) is 4.78. The maximum Gasteiger partial charge on any atom is 0.169 e. The number of ether oxygens (including phenoxy) is 2. The number of para-hydroxylation sites is 3. The van der Waals surface area contributed by atoms with Gasteiger partial charge in [-0.15, -0.1) is 0 Å². The molecule has 0 aliphatic rings. The highest BCUT2D eigenvalue weighted by Crippen LogP contribution is 2.35. The predicted molar refractivity (Wildman–Crippen MR) is 102 cm³/mol. The fraction of sp³-hybridized carbons (Fsp3) is 0.182. The quantitative estimate of drug-likeness (QED) is 0.583. The van der Waals surface area contributed by atoms with Crippen LogP contribution in [-0.4, -0.2) is 0 Å². The largest absolute Gasteiger partial charge is 0.485 e. The third kappa shape index (κ3) is 4.32. The molecule has 3 nitrogen and oxygen atoms in total. The molecule has 0 spiro atoms. The van der Waals surface area contributed by atoms with E-state index in [0.717, 1.165) is 22.7 Å².